The molecule has 6 nitrogen and oxygen atoms in total. The summed E-state index contributed by atoms with van der Waals surface area (Å²) in [5.74, 6) is -0.231. The lowest BCUT2D eigenvalue weighted by atomic mass is 10.1. The van der Waals surface area contributed by atoms with Gasteiger partial charge in [0.05, 0.1) is 17.2 Å². The largest absolute Gasteiger partial charge is 0.322 e. The summed E-state index contributed by atoms with van der Waals surface area (Å²) in [6.45, 7) is 2.14. The van der Waals surface area contributed by atoms with Gasteiger partial charge in [0, 0.05) is 37.1 Å². The van der Waals surface area contributed by atoms with Crippen molar-refractivity contribution < 1.29 is 9.59 Å². The summed E-state index contributed by atoms with van der Waals surface area (Å²) in [6.07, 6.45) is 3.63. The fraction of sp³-hybridized carbons (Fsp3) is 0.150. The predicted molar refractivity (Wildman–Crippen MR) is 109 cm³/mol. The van der Waals surface area contributed by atoms with E-state index >= 15 is 0 Å². The molecule has 0 saturated heterocycles. The minimum absolute atomic E-state index is 0.0469. The molecule has 3 aromatic rings. The number of hydrogen-bond donors (Lipinski definition) is 1. The van der Waals surface area contributed by atoms with E-state index in [1.54, 1.807) is 54.5 Å². The van der Waals surface area contributed by atoms with Crippen LogP contribution in [0.1, 0.15) is 22.8 Å². The number of nitrogens with zero attached hydrogens (tertiary/aromatic N) is 3. The molecule has 3 rings (SSSR count). The Balaban J connectivity index is 1.63. The van der Waals surface area contributed by atoms with Crippen molar-refractivity contribution >= 4 is 39.1 Å². The zero-order valence-corrected chi connectivity index (χ0v) is 16.6. The smallest absolute Gasteiger partial charge is 0.255 e. The van der Waals surface area contributed by atoms with Crippen LogP contribution < -0.4 is 10.2 Å². The van der Waals surface area contributed by atoms with Gasteiger partial charge in [0.15, 0.2) is 0 Å². The molecular weight excluding hydrogens is 408 g/mol. The Kier molecular flexibility index (Phi) is 5.71. The van der Waals surface area contributed by atoms with Crippen LogP contribution in [0.4, 0.5) is 11.4 Å². The first-order valence-corrected chi connectivity index (χ1v) is 9.14. The first-order chi connectivity index (χ1) is 12.9. The molecule has 0 bridgehead atoms. The van der Waals surface area contributed by atoms with Crippen LogP contribution in [0.5, 0.6) is 0 Å². The van der Waals surface area contributed by atoms with E-state index in [0.717, 1.165) is 15.7 Å². The zero-order valence-electron chi connectivity index (χ0n) is 15.0. The van der Waals surface area contributed by atoms with Gasteiger partial charge in [0.25, 0.3) is 5.91 Å². The van der Waals surface area contributed by atoms with Crippen molar-refractivity contribution in [3.05, 3.63) is 76.5 Å². The monoisotopic (exact) mass is 426 g/mol. The van der Waals surface area contributed by atoms with Gasteiger partial charge in [-0.25, -0.2) is 0 Å². The molecule has 0 spiro atoms. The summed E-state index contributed by atoms with van der Waals surface area (Å²) in [4.78, 5) is 25.3. The number of carbonyl (C=O) groups excluding carboxylic acids is 2. The van der Waals surface area contributed by atoms with Gasteiger partial charge in [-0.1, -0.05) is 12.1 Å². The second-order valence-electron chi connectivity index (χ2n) is 6.13. The van der Waals surface area contributed by atoms with Gasteiger partial charge < -0.3 is 10.2 Å². The SMILES string of the molecule is CC(=O)N(C)c1ccc(NC(=O)c2ccc(Cn3cc(Br)cn3)cc2)cc1. The molecule has 0 fully saturated rings. The number of benzene rings is 2. The van der Waals surface area contributed by atoms with Gasteiger partial charge in [-0.3, -0.25) is 14.3 Å². The van der Waals surface area contributed by atoms with Crippen LogP contribution in [0.25, 0.3) is 0 Å². The Morgan fingerprint density at radius 2 is 1.78 bits per heavy atom. The molecule has 1 aromatic heterocycles. The van der Waals surface area contributed by atoms with Crippen molar-refractivity contribution in [2.24, 2.45) is 0 Å². The van der Waals surface area contributed by atoms with Crippen LogP contribution in [-0.2, 0) is 11.3 Å². The number of halogens is 1. The first-order valence-electron chi connectivity index (χ1n) is 8.35. The van der Waals surface area contributed by atoms with Crippen LogP contribution in [-0.4, -0.2) is 28.6 Å². The third kappa shape index (κ3) is 4.83. The van der Waals surface area contributed by atoms with E-state index in [4.69, 9.17) is 0 Å². The molecule has 27 heavy (non-hydrogen) atoms. The van der Waals surface area contributed by atoms with Crippen LogP contribution >= 0.6 is 15.9 Å². The van der Waals surface area contributed by atoms with E-state index in [2.05, 4.69) is 26.3 Å². The lowest BCUT2D eigenvalue weighted by molar-refractivity contribution is -0.116. The summed E-state index contributed by atoms with van der Waals surface area (Å²) in [5, 5.41) is 7.08. The standard InChI is InChI=1S/C20H19BrN4O2/c1-14(26)24(2)19-9-7-18(8-10-19)23-20(27)16-5-3-15(4-6-16)12-25-13-17(21)11-22-25/h3-11,13H,12H2,1-2H3,(H,23,27). The van der Waals surface area contributed by atoms with Gasteiger partial charge in [0.1, 0.15) is 0 Å². The Morgan fingerprint density at radius 1 is 1.11 bits per heavy atom. The summed E-state index contributed by atoms with van der Waals surface area (Å²) < 4.78 is 2.75. The summed E-state index contributed by atoms with van der Waals surface area (Å²) >= 11 is 3.37. The highest BCUT2D eigenvalue weighted by molar-refractivity contribution is 9.10. The Hall–Kier alpha value is -2.93. The maximum Gasteiger partial charge on any atom is 0.255 e. The van der Waals surface area contributed by atoms with E-state index in [1.807, 2.05) is 23.0 Å². The van der Waals surface area contributed by atoms with E-state index in [1.165, 1.54) is 6.92 Å². The molecule has 1 N–H and O–H groups in total. The van der Waals surface area contributed by atoms with Crippen molar-refractivity contribution in [2.45, 2.75) is 13.5 Å². The summed E-state index contributed by atoms with van der Waals surface area (Å²) in [7, 11) is 1.71. The van der Waals surface area contributed by atoms with Gasteiger partial charge in [-0.05, 0) is 57.9 Å². The van der Waals surface area contributed by atoms with Gasteiger partial charge in [-0.15, -0.1) is 0 Å². The highest BCUT2D eigenvalue weighted by Gasteiger charge is 2.08. The fourth-order valence-corrected chi connectivity index (χ4v) is 2.85. The van der Waals surface area contributed by atoms with Crippen molar-refractivity contribution in [1.29, 1.82) is 0 Å². The third-order valence-corrected chi connectivity index (χ3v) is 4.56. The molecule has 0 aliphatic rings. The van der Waals surface area contributed by atoms with E-state index < -0.39 is 0 Å². The predicted octanol–water partition coefficient (Wildman–Crippen LogP) is 3.93. The van der Waals surface area contributed by atoms with Crippen molar-refractivity contribution in [2.75, 3.05) is 17.3 Å². The first kappa shape index (κ1) is 18.8. The number of hydrogen-bond acceptors (Lipinski definition) is 3. The maximum absolute atomic E-state index is 12.4. The minimum atomic E-state index is -0.184. The van der Waals surface area contributed by atoms with Crippen LogP contribution in [0.3, 0.4) is 0 Å². The quantitative estimate of drug-likeness (QED) is 0.671. The molecule has 0 atom stereocenters. The molecule has 0 aliphatic carbocycles. The Morgan fingerprint density at radius 3 is 2.33 bits per heavy atom. The highest BCUT2D eigenvalue weighted by atomic mass is 79.9. The van der Waals surface area contributed by atoms with E-state index in [-0.39, 0.29) is 11.8 Å². The molecule has 7 heteroatoms. The molecule has 0 radical (unpaired) electrons. The average molecular weight is 427 g/mol. The fourth-order valence-electron chi connectivity index (χ4n) is 2.53. The lowest BCUT2D eigenvalue weighted by Gasteiger charge is -2.15. The van der Waals surface area contributed by atoms with Gasteiger partial charge >= 0.3 is 0 Å². The Bertz CT molecular complexity index is 949. The van der Waals surface area contributed by atoms with E-state index in [0.29, 0.717) is 17.8 Å². The normalized spacial score (nSPS) is 10.5. The van der Waals surface area contributed by atoms with Crippen LogP contribution in [0.2, 0.25) is 0 Å². The maximum atomic E-state index is 12.4. The topological polar surface area (TPSA) is 67.2 Å². The zero-order chi connectivity index (χ0) is 19.4. The van der Waals surface area contributed by atoms with Crippen molar-refractivity contribution in [1.82, 2.24) is 9.78 Å². The van der Waals surface area contributed by atoms with Crippen LogP contribution in [0.15, 0.2) is 65.4 Å². The van der Waals surface area contributed by atoms with Crippen LogP contribution in [0, 0.1) is 0 Å². The minimum Gasteiger partial charge on any atom is -0.322 e. The molecule has 0 unspecified atom stereocenters. The number of aromatic nitrogens is 2. The second kappa shape index (κ2) is 8.18. The summed E-state index contributed by atoms with van der Waals surface area (Å²) in [6, 6.07) is 14.5. The van der Waals surface area contributed by atoms with Gasteiger partial charge in [-0.2, -0.15) is 5.10 Å². The van der Waals surface area contributed by atoms with Crippen molar-refractivity contribution in [3.8, 4) is 0 Å². The number of amides is 2. The van der Waals surface area contributed by atoms with E-state index in [9.17, 15) is 9.59 Å². The number of rotatable bonds is 5. The summed E-state index contributed by atoms with van der Waals surface area (Å²) in [5.41, 5.74) is 3.07. The third-order valence-electron chi connectivity index (χ3n) is 4.15. The molecule has 138 valence electrons. The molecule has 2 aromatic carbocycles. The number of anilines is 2. The Labute approximate surface area is 165 Å². The average Bonchev–Trinajstić information content (AvgIpc) is 3.07. The second-order valence-corrected chi connectivity index (χ2v) is 7.05. The molecular formula is C20H19BrN4O2. The molecule has 1 heterocycles. The highest BCUT2D eigenvalue weighted by Crippen LogP contribution is 2.18. The number of nitrogens with one attached hydrogen (secondary N) is 1. The number of carbonyl (C=O) groups is 2. The molecule has 2 amide bonds. The molecule has 0 saturated carbocycles. The molecule has 0 aliphatic heterocycles. The van der Waals surface area contributed by atoms with Crippen molar-refractivity contribution in [3.63, 3.8) is 0 Å². The lowest BCUT2D eigenvalue weighted by Crippen LogP contribution is -2.22. The van der Waals surface area contributed by atoms with Gasteiger partial charge in [0.2, 0.25) is 5.91 Å².